The lowest BCUT2D eigenvalue weighted by atomic mass is 9.97. The molecule has 0 unspecified atom stereocenters. The molecule has 0 radical (unpaired) electrons. The summed E-state index contributed by atoms with van der Waals surface area (Å²) in [6, 6.07) is 0. The summed E-state index contributed by atoms with van der Waals surface area (Å²) in [5.41, 5.74) is 0.264. The number of unbranched alkanes of at least 4 members (excludes halogenated alkanes) is 3. The minimum Gasteiger partial charge on any atom is -0.466 e. The van der Waals surface area contributed by atoms with Gasteiger partial charge in [-0.15, -0.1) is 0 Å². The van der Waals surface area contributed by atoms with Crippen LogP contribution in [0.4, 0.5) is 0 Å². The largest absolute Gasteiger partial charge is 0.466 e. The Kier molecular flexibility index (Phi) is 4.62. The van der Waals surface area contributed by atoms with Gasteiger partial charge >= 0.3 is 5.97 Å². The van der Waals surface area contributed by atoms with Crippen LogP contribution in [0.5, 0.6) is 0 Å². The van der Waals surface area contributed by atoms with E-state index in [-0.39, 0.29) is 17.3 Å². The molecule has 0 saturated heterocycles. The minimum atomic E-state index is 0.0236. The smallest absolute Gasteiger partial charge is 0.309 e. The Labute approximate surface area is 93.4 Å². The third kappa shape index (κ3) is 3.51. The quantitative estimate of drug-likeness (QED) is 0.476. The van der Waals surface area contributed by atoms with Crippen LogP contribution in [0.1, 0.15) is 59.3 Å². The molecule has 1 saturated carbocycles. The van der Waals surface area contributed by atoms with Crippen LogP contribution in [0, 0.1) is 11.3 Å². The van der Waals surface area contributed by atoms with Crippen molar-refractivity contribution in [2.45, 2.75) is 59.3 Å². The highest BCUT2D eigenvalue weighted by Crippen LogP contribution is 2.56. The Morgan fingerprint density at radius 3 is 2.67 bits per heavy atom. The van der Waals surface area contributed by atoms with Gasteiger partial charge in [0.1, 0.15) is 0 Å². The monoisotopic (exact) mass is 212 g/mol. The molecule has 1 aliphatic carbocycles. The van der Waals surface area contributed by atoms with Crippen LogP contribution in [0.25, 0.3) is 0 Å². The van der Waals surface area contributed by atoms with E-state index in [1.165, 1.54) is 32.1 Å². The lowest BCUT2D eigenvalue weighted by Crippen LogP contribution is -2.11. The van der Waals surface area contributed by atoms with Crippen molar-refractivity contribution >= 4 is 5.97 Å². The van der Waals surface area contributed by atoms with Crippen molar-refractivity contribution in [3.63, 3.8) is 0 Å². The van der Waals surface area contributed by atoms with Gasteiger partial charge in [-0.05, 0) is 25.2 Å². The highest BCUT2D eigenvalue weighted by Gasteiger charge is 2.54. The molecule has 0 aromatic heterocycles. The van der Waals surface area contributed by atoms with Crippen LogP contribution in [-0.4, -0.2) is 12.6 Å². The Morgan fingerprint density at radius 2 is 2.07 bits per heavy atom. The summed E-state index contributed by atoms with van der Waals surface area (Å²) >= 11 is 0. The van der Waals surface area contributed by atoms with Crippen molar-refractivity contribution in [3.8, 4) is 0 Å². The van der Waals surface area contributed by atoms with Crippen molar-refractivity contribution in [1.82, 2.24) is 0 Å². The molecule has 0 spiro atoms. The maximum atomic E-state index is 11.5. The molecule has 88 valence electrons. The lowest BCUT2D eigenvalue weighted by Gasteiger charge is -2.10. The SMILES string of the molecule is CCCCCC[C@@]1(C)C[C@H]1C(=O)OCC. The molecule has 2 atom stereocenters. The number of hydrogen-bond acceptors (Lipinski definition) is 2. The van der Waals surface area contributed by atoms with E-state index in [2.05, 4.69) is 13.8 Å². The van der Waals surface area contributed by atoms with Crippen LogP contribution >= 0.6 is 0 Å². The first-order valence-electron chi connectivity index (χ1n) is 6.30. The zero-order chi connectivity index (χ0) is 11.3. The molecule has 2 heteroatoms. The second kappa shape index (κ2) is 5.53. The van der Waals surface area contributed by atoms with Gasteiger partial charge in [0, 0.05) is 0 Å². The zero-order valence-corrected chi connectivity index (χ0v) is 10.3. The molecular formula is C13H24O2. The van der Waals surface area contributed by atoms with Gasteiger partial charge < -0.3 is 4.74 Å². The van der Waals surface area contributed by atoms with Crippen molar-refractivity contribution in [1.29, 1.82) is 0 Å². The Morgan fingerprint density at radius 1 is 1.33 bits per heavy atom. The summed E-state index contributed by atoms with van der Waals surface area (Å²) in [6.07, 6.45) is 7.40. The fourth-order valence-electron chi connectivity index (χ4n) is 2.25. The molecule has 1 rings (SSSR count). The number of ether oxygens (including phenoxy) is 1. The van der Waals surface area contributed by atoms with Gasteiger partial charge in [-0.1, -0.05) is 39.5 Å². The van der Waals surface area contributed by atoms with E-state index in [1.54, 1.807) is 0 Å². The molecule has 0 aromatic rings. The number of carbonyl (C=O) groups is 1. The second-order valence-electron chi connectivity index (χ2n) is 4.97. The highest BCUT2D eigenvalue weighted by molar-refractivity contribution is 5.76. The maximum Gasteiger partial charge on any atom is 0.309 e. The van der Waals surface area contributed by atoms with Crippen LogP contribution in [-0.2, 0) is 9.53 Å². The molecule has 15 heavy (non-hydrogen) atoms. The molecule has 1 fully saturated rings. The van der Waals surface area contributed by atoms with Gasteiger partial charge in [0.25, 0.3) is 0 Å². The van der Waals surface area contributed by atoms with Gasteiger partial charge in [-0.25, -0.2) is 0 Å². The molecule has 1 aliphatic rings. The summed E-state index contributed by atoms with van der Waals surface area (Å²) in [7, 11) is 0. The van der Waals surface area contributed by atoms with Crippen molar-refractivity contribution < 1.29 is 9.53 Å². The van der Waals surface area contributed by atoms with Crippen molar-refractivity contribution in [2.75, 3.05) is 6.61 Å². The van der Waals surface area contributed by atoms with Gasteiger partial charge in [-0.3, -0.25) is 4.79 Å². The van der Waals surface area contributed by atoms with E-state index >= 15 is 0 Å². The number of esters is 1. The normalized spacial score (nSPS) is 28.9. The van der Waals surface area contributed by atoms with E-state index in [1.807, 2.05) is 6.92 Å². The molecule has 0 aromatic carbocycles. The Bertz CT molecular complexity index is 213. The fourth-order valence-corrected chi connectivity index (χ4v) is 2.25. The van der Waals surface area contributed by atoms with Crippen molar-refractivity contribution in [3.05, 3.63) is 0 Å². The lowest BCUT2D eigenvalue weighted by molar-refractivity contribution is -0.145. The molecule has 0 N–H and O–H groups in total. The summed E-state index contributed by atoms with van der Waals surface area (Å²) in [5, 5.41) is 0. The van der Waals surface area contributed by atoms with Gasteiger partial charge in [0.15, 0.2) is 0 Å². The summed E-state index contributed by atoms with van der Waals surface area (Å²) in [4.78, 5) is 11.5. The average molecular weight is 212 g/mol. The molecule has 2 nitrogen and oxygen atoms in total. The van der Waals surface area contributed by atoms with E-state index in [4.69, 9.17) is 4.74 Å². The minimum absolute atomic E-state index is 0.0236. The molecule has 0 bridgehead atoms. The Balaban J connectivity index is 2.17. The predicted octanol–water partition coefficient (Wildman–Crippen LogP) is 3.55. The van der Waals surface area contributed by atoms with E-state index in [0.717, 1.165) is 6.42 Å². The van der Waals surface area contributed by atoms with Crippen LogP contribution < -0.4 is 0 Å². The Hall–Kier alpha value is -0.530. The first-order valence-corrected chi connectivity index (χ1v) is 6.30. The van der Waals surface area contributed by atoms with Gasteiger partial charge in [0.05, 0.1) is 12.5 Å². The second-order valence-corrected chi connectivity index (χ2v) is 4.97. The first-order chi connectivity index (χ1) is 7.14. The number of hydrogen-bond donors (Lipinski definition) is 0. The molecule has 0 aliphatic heterocycles. The number of carbonyl (C=O) groups excluding carboxylic acids is 1. The third-order valence-corrected chi connectivity index (χ3v) is 3.52. The summed E-state index contributed by atoms with van der Waals surface area (Å²) in [6.45, 7) is 6.83. The maximum absolute atomic E-state index is 11.5. The molecule has 0 amide bonds. The third-order valence-electron chi connectivity index (χ3n) is 3.52. The van der Waals surface area contributed by atoms with Crippen molar-refractivity contribution in [2.24, 2.45) is 11.3 Å². The van der Waals surface area contributed by atoms with E-state index < -0.39 is 0 Å². The summed E-state index contributed by atoms with van der Waals surface area (Å²) in [5.74, 6) is 0.217. The highest BCUT2D eigenvalue weighted by atomic mass is 16.5. The number of rotatable bonds is 7. The first kappa shape index (κ1) is 12.5. The van der Waals surface area contributed by atoms with Gasteiger partial charge in [0.2, 0.25) is 0 Å². The zero-order valence-electron chi connectivity index (χ0n) is 10.3. The van der Waals surface area contributed by atoms with Crippen LogP contribution in [0.3, 0.4) is 0 Å². The van der Waals surface area contributed by atoms with Crippen LogP contribution in [0.2, 0.25) is 0 Å². The van der Waals surface area contributed by atoms with Crippen LogP contribution in [0.15, 0.2) is 0 Å². The fraction of sp³-hybridized carbons (Fsp3) is 0.923. The predicted molar refractivity (Wildman–Crippen MR) is 61.6 cm³/mol. The van der Waals surface area contributed by atoms with E-state index in [9.17, 15) is 4.79 Å². The van der Waals surface area contributed by atoms with E-state index in [0.29, 0.717) is 6.61 Å². The summed E-state index contributed by atoms with van der Waals surface area (Å²) < 4.78 is 5.05. The van der Waals surface area contributed by atoms with Gasteiger partial charge in [-0.2, -0.15) is 0 Å². The topological polar surface area (TPSA) is 26.3 Å². The molecule has 0 heterocycles. The molecular weight excluding hydrogens is 188 g/mol. The standard InChI is InChI=1S/C13H24O2/c1-4-6-7-8-9-13(3)10-11(13)12(14)15-5-2/h11H,4-10H2,1-3H3/t11-,13-/m0/s1. The average Bonchev–Trinajstić information content (AvgIpc) is 2.87.